The fraction of sp³-hybridized carbons (Fsp3) is 0.450. The zero-order valence-electron chi connectivity index (χ0n) is 16.0. The summed E-state index contributed by atoms with van der Waals surface area (Å²) < 4.78 is 1.82. The fourth-order valence-electron chi connectivity index (χ4n) is 3.39. The summed E-state index contributed by atoms with van der Waals surface area (Å²) >= 11 is 0. The highest BCUT2D eigenvalue weighted by Gasteiger charge is 2.26. The van der Waals surface area contributed by atoms with Gasteiger partial charge in [-0.05, 0) is 26.0 Å². The van der Waals surface area contributed by atoms with Crippen LogP contribution >= 0.6 is 0 Å². The molecule has 0 aliphatic carbocycles. The largest absolute Gasteiger partial charge is 0.342 e. The molecule has 7 heteroatoms. The number of carbonyl (C=O) groups excluding carboxylic acids is 2. The van der Waals surface area contributed by atoms with Gasteiger partial charge in [0.2, 0.25) is 5.91 Å². The predicted octanol–water partition coefficient (Wildman–Crippen LogP) is 1.50. The molecule has 0 radical (unpaired) electrons. The van der Waals surface area contributed by atoms with E-state index in [2.05, 4.69) is 9.88 Å². The first kappa shape index (κ1) is 19.1. The van der Waals surface area contributed by atoms with Gasteiger partial charge in [-0.25, -0.2) is 4.98 Å². The van der Waals surface area contributed by atoms with Crippen molar-refractivity contribution in [1.29, 1.82) is 0 Å². The molecule has 1 aliphatic heterocycles. The first-order valence-electron chi connectivity index (χ1n) is 9.51. The van der Waals surface area contributed by atoms with Crippen molar-refractivity contribution in [2.24, 2.45) is 0 Å². The van der Waals surface area contributed by atoms with E-state index in [-0.39, 0.29) is 11.8 Å². The van der Waals surface area contributed by atoms with Gasteiger partial charge in [0.05, 0.1) is 19.1 Å². The summed E-state index contributed by atoms with van der Waals surface area (Å²) in [7, 11) is 0. The van der Waals surface area contributed by atoms with Gasteiger partial charge in [0, 0.05) is 45.0 Å². The Morgan fingerprint density at radius 3 is 2.33 bits per heavy atom. The van der Waals surface area contributed by atoms with Crippen molar-refractivity contribution in [3.05, 3.63) is 48.5 Å². The van der Waals surface area contributed by atoms with Crippen molar-refractivity contribution in [2.75, 3.05) is 45.8 Å². The van der Waals surface area contributed by atoms with Crippen molar-refractivity contribution >= 4 is 11.8 Å². The maximum absolute atomic E-state index is 13.0. The van der Waals surface area contributed by atoms with Crippen LogP contribution in [0.2, 0.25) is 0 Å². The van der Waals surface area contributed by atoms with Crippen molar-refractivity contribution in [3.8, 4) is 5.69 Å². The monoisotopic (exact) mass is 369 g/mol. The van der Waals surface area contributed by atoms with E-state index in [9.17, 15) is 9.59 Å². The van der Waals surface area contributed by atoms with E-state index in [1.807, 2.05) is 58.5 Å². The number of hydrogen-bond donors (Lipinski definition) is 0. The van der Waals surface area contributed by atoms with E-state index in [1.54, 1.807) is 12.5 Å². The molecule has 2 amide bonds. The van der Waals surface area contributed by atoms with E-state index in [4.69, 9.17) is 0 Å². The number of imidazole rings is 1. The summed E-state index contributed by atoms with van der Waals surface area (Å²) in [5.74, 6) is 0.132. The zero-order valence-corrected chi connectivity index (χ0v) is 16.0. The van der Waals surface area contributed by atoms with Gasteiger partial charge in [-0.2, -0.15) is 0 Å². The van der Waals surface area contributed by atoms with E-state index >= 15 is 0 Å². The summed E-state index contributed by atoms with van der Waals surface area (Å²) in [5, 5.41) is 0. The summed E-state index contributed by atoms with van der Waals surface area (Å²) in [5.41, 5.74) is 1.48. The van der Waals surface area contributed by atoms with Gasteiger partial charge in [-0.15, -0.1) is 0 Å². The van der Waals surface area contributed by atoms with Crippen molar-refractivity contribution in [2.45, 2.75) is 13.8 Å². The molecular weight excluding hydrogens is 342 g/mol. The van der Waals surface area contributed by atoms with Crippen molar-refractivity contribution in [1.82, 2.24) is 24.3 Å². The molecule has 0 saturated carbocycles. The Bertz CT molecular complexity index is 762. The molecule has 0 N–H and O–H groups in total. The zero-order chi connectivity index (χ0) is 19.2. The third-order valence-corrected chi connectivity index (χ3v) is 5.03. The van der Waals surface area contributed by atoms with Crippen LogP contribution in [-0.2, 0) is 4.79 Å². The molecular formula is C20H27N5O2. The Labute approximate surface area is 160 Å². The third-order valence-electron chi connectivity index (χ3n) is 5.03. The third kappa shape index (κ3) is 4.36. The molecule has 144 valence electrons. The quantitative estimate of drug-likeness (QED) is 0.774. The molecule has 7 nitrogen and oxygen atoms in total. The molecule has 2 aromatic rings. The lowest BCUT2D eigenvalue weighted by Gasteiger charge is -2.35. The lowest BCUT2D eigenvalue weighted by molar-refractivity contribution is -0.132. The van der Waals surface area contributed by atoms with Crippen molar-refractivity contribution < 1.29 is 9.59 Å². The molecule has 1 saturated heterocycles. The van der Waals surface area contributed by atoms with Crippen LogP contribution in [-0.4, -0.2) is 81.9 Å². The first-order valence-corrected chi connectivity index (χ1v) is 9.51. The number of amides is 2. The Morgan fingerprint density at radius 1 is 1.04 bits per heavy atom. The molecule has 27 heavy (non-hydrogen) atoms. The maximum Gasteiger partial charge on any atom is 0.272 e. The number of hydrogen-bond acceptors (Lipinski definition) is 4. The Balaban J connectivity index is 1.60. The van der Waals surface area contributed by atoms with Gasteiger partial charge in [0.15, 0.2) is 0 Å². The maximum atomic E-state index is 13.0. The second-order valence-corrected chi connectivity index (χ2v) is 6.62. The minimum atomic E-state index is -0.0222. The lowest BCUT2D eigenvalue weighted by atomic mass is 10.2. The number of likely N-dealkylation sites (N-methyl/N-ethyl adjacent to an activating group) is 1. The summed E-state index contributed by atoms with van der Waals surface area (Å²) in [6, 6.07) is 9.73. The van der Waals surface area contributed by atoms with Gasteiger partial charge >= 0.3 is 0 Å². The molecule has 0 spiro atoms. The normalized spacial score (nSPS) is 15.0. The standard InChI is InChI=1S/C20H27N5O2/c1-3-23(4-2)19(26)15-22-10-12-24(13-11-22)20(27)18-14-21-16-25(18)17-8-6-5-7-9-17/h5-9,14,16H,3-4,10-13,15H2,1-2H3. The number of rotatable bonds is 6. The smallest absolute Gasteiger partial charge is 0.272 e. The topological polar surface area (TPSA) is 61.7 Å². The Morgan fingerprint density at radius 2 is 1.70 bits per heavy atom. The van der Waals surface area contributed by atoms with Crippen LogP contribution in [0.4, 0.5) is 0 Å². The molecule has 1 fully saturated rings. The number of aromatic nitrogens is 2. The minimum Gasteiger partial charge on any atom is -0.342 e. The highest BCUT2D eigenvalue weighted by atomic mass is 16.2. The fourth-order valence-corrected chi connectivity index (χ4v) is 3.39. The molecule has 1 aromatic heterocycles. The van der Waals surface area contributed by atoms with Crippen LogP contribution in [0.5, 0.6) is 0 Å². The molecule has 1 aliphatic rings. The van der Waals surface area contributed by atoms with Crippen LogP contribution in [0, 0.1) is 0 Å². The molecule has 3 rings (SSSR count). The van der Waals surface area contributed by atoms with Crippen molar-refractivity contribution in [3.63, 3.8) is 0 Å². The number of para-hydroxylation sites is 1. The Kier molecular flexibility index (Phi) is 6.24. The molecule has 0 unspecified atom stereocenters. The summed E-state index contributed by atoms with van der Waals surface area (Å²) in [6.45, 7) is 8.52. The van der Waals surface area contributed by atoms with Crippen LogP contribution in [0.25, 0.3) is 5.69 Å². The second-order valence-electron chi connectivity index (χ2n) is 6.62. The number of benzene rings is 1. The lowest BCUT2D eigenvalue weighted by Crippen LogP contribution is -2.51. The van der Waals surface area contributed by atoms with E-state index in [0.29, 0.717) is 38.4 Å². The van der Waals surface area contributed by atoms with E-state index in [1.165, 1.54) is 0 Å². The molecule has 1 aromatic carbocycles. The van der Waals surface area contributed by atoms with Crippen LogP contribution < -0.4 is 0 Å². The number of piperazine rings is 1. The Hall–Kier alpha value is -2.67. The van der Waals surface area contributed by atoms with Gasteiger partial charge in [0.1, 0.15) is 5.69 Å². The van der Waals surface area contributed by atoms with Crippen LogP contribution in [0.3, 0.4) is 0 Å². The van der Waals surface area contributed by atoms with Crippen LogP contribution in [0.1, 0.15) is 24.3 Å². The molecule has 0 bridgehead atoms. The minimum absolute atomic E-state index is 0.0222. The number of nitrogens with zero attached hydrogens (tertiary/aromatic N) is 5. The van der Waals surface area contributed by atoms with Gasteiger partial charge in [0.25, 0.3) is 5.91 Å². The van der Waals surface area contributed by atoms with E-state index in [0.717, 1.165) is 18.8 Å². The van der Waals surface area contributed by atoms with E-state index < -0.39 is 0 Å². The second kappa shape index (κ2) is 8.81. The highest BCUT2D eigenvalue weighted by Crippen LogP contribution is 2.14. The van der Waals surface area contributed by atoms with Gasteiger partial charge < -0.3 is 9.80 Å². The molecule has 0 atom stereocenters. The summed E-state index contributed by atoms with van der Waals surface area (Å²) in [4.78, 5) is 35.2. The van der Waals surface area contributed by atoms with Crippen LogP contribution in [0.15, 0.2) is 42.9 Å². The number of carbonyl (C=O) groups is 2. The SMILES string of the molecule is CCN(CC)C(=O)CN1CCN(C(=O)c2cncn2-c2ccccc2)CC1. The summed E-state index contributed by atoms with van der Waals surface area (Å²) in [6.07, 6.45) is 3.28. The predicted molar refractivity (Wildman–Crippen MR) is 104 cm³/mol. The highest BCUT2D eigenvalue weighted by molar-refractivity contribution is 5.93. The first-order chi connectivity index (χ1) is 13.1. The average Bonchev–Trinajstić information content (AvgIpc) is 3.19. The van der Waals surface area contributed by atoms with Gasteiger partial charge in [-0.1, -0.05) is 18.2 Å². The molecule has 2 heterocycles. The average molecular weight is 369 g/mol. The van der Waals surface area contributed by atoms with Gasteiger partial charge in [-0.3, -0.25) is 19.1 Å².